The predicted molar refractivity (Wildman–Crippen MR) is 73.3 cm³/mol. The molecule has 3 aromatic rings. The highest BCUT2D eigenvalue weighted by atomic mass is 32.1. The first-order chi connectivity index (χ1) is 9.33. The van der Waals surface area contributed by atoms with Crippen molar-refractivity contribution in [2.45, 2.75) is 13.0 Å². The molecule has 0 saturated heterocycles. The van der Waals surface area contributed by atoms with Crippen LogP contribution in [-0.2, 0) is 0 Å². The van der Waals surface area contributed by atoms with E-state index in [1.807, 2.05) is 23.8 Å². The van der Waals surface area contributed by atoms with Gasteiger partial charge in [-0.15, -0.1) is 11.3 Å². The summed E-state index contributed by atoms with van der Waals surface area (Å²) in [5.74, 6) is 0.744. The van der Waals surface area contributed by atoms with Crippen molar-refractivity contribution in [3.8, 4) is 5.82 Å². The smallest absolute Gasteiger partial charge is 0.155 e. The van der Waals surface area contributed by atoms with Gasteiger partial charge in [0.15, 0.2) is 5.82 Å². The summed E-state index contributed by atoms with van der Waals surface area (Å²) in [6.45, 7) is 2.10. The second-order valence-corrected chi connectivity index (χ2v) is 4.93. The molecule has 0 spiro atoms. The van der Waals surface area contributed by atoms with Crippen molar-refractivity contribution in [3.63, 3.8) is 0 Å². The van der Waals surface area contributed by atoms with Gasteiger partial charge in [-0.2, -0.15) is 5.10 Å². The van der Waals surface area contributed by atoms with Crippen LogP contribution < -0.4 is 5.32 Å². The van der Waals surface area contributed by atoms with Crippen molar-refractivity contribution in [3.05, 3.63) is 47.6 Å². The molecule has 0 aliphatic heterocycles. The zero-order valence-corrected chi connectivity index (χ0v) is 11.1. The number of nitrogens with one attached hydrogen (secondary N) is 1. The minimum atomic E-state index is 0.214. The summed E-state index contributed by atoms with van der Waals surface area (Å²) < 4.78 is 1.62. The van der Waals surface area contributed by atoms with Crippen molar-refractivity contribution in [1.82, 2.24) is 24.7 Å². The molecule has 0 aromatic carbocycles. The van der Waals surface area contributed by atoms with E-state index in [0.29, 0.717) is 0 Å². The van der Waals surface area contributed by atoms with Gasteiger partial charge in [-0.1, -0.05) is 0 Å². The van der Waals surface area contributed by atoms with Crippen LogP contribution in [0.5, 0.6) is 0 Å². The van der Waals surface area contributed by atoms with Gasteiger partial charge in [-0.25, -0.2) is 14.6 Å². The van der Waals surface area contributed by atoms with Gasteiger partial charge in [0.1, 0.15) is 12.7 Å². The second kappa shape index (κ2) is 5.15. The van der Waals surface area contributed by atoms with E-state index in [1.54, 1.807) is 28.5 Å². The first-order valence-corrected chi connectivity index (χ1v) is 6.67. The Bertz CT molecular complexity index is 617. The topological polar surface area (TPSA) is 68.5 Å². The lowest BCUT2D eigenvalue weighted by Gasteiger charge is -2.13. The Morgan fingerprint density at radius 2 is 2.21 bits per heavy atom. The summed E-state index contributed by atoms with van der Waals surface area (Å²) in [5.41, 5.74) is 2.80. The first-order valence-electron chi connectivity index (χ1n) is 5.79. The summed E-state index contributed by atoms with van der Waals surface area (Å²) in [4.78, 5) is 13.5. The number of hydrogen-bond donors (Lipinski definition) is 1. The normalized spacial score (nSPS) is 12.3. The third-order valence-corrected chi connectivity index (χ3v) is 3.62. The van der Waals surface area contributed by atoms with Gasteiger partial charge in [-0.3, -0.25) is 4.98 Å². The monoisotopic (exact) mass is 272 g/mol. The summed E-state index contributed by atoms with van der Waals surface area (Å²) in [5, 5.41) is 7.41. The van der Waals surface area contributed by atoms with Crippen LogP contribution in [0.2, 0.25) is 0 Å². The predicted octanol–water partition coefficient (Wildman–Crippen LogP) is 2.29. The number of nitrogens with zero attached hydrogens (tertiary/aromatic N) is 5. The highest BCUT2D eigenvalue weighted by Gasteiger charge is 2.07. The van der Waals surface area contributed by atoms with Crippen LogP contribution in [0.15, 0.2) is 42.7 Å². The van der Waals surface area contributed by atoms with Gasteiger partial charge in [0.05, 0.1) is 23.4 Å². The zero-order chi connectivity index (χ0) is 13.1. The van der Waals surface area contributed by atoms with Crippen LogP contribution >= 0.6 is 11.3 Å². The van der Waals surface area contributed by atoms with Gasteiger partial charge < -0.3 is 5.32 Å². The van der Waals surface area contributed by atoms with Gasteiger partial charge in [-0.05, 0) is 19.1 Å². The summed E-state index contributed by atoms with van der Waals surface area (Å²) in [7, 11) is 0. The maximum atomic E-state index is 4.34. The van der Waals surface area contributed by atoms with E-state index in [1.165, 1.54) is 11.2 Å². The highest BCUT2D eigenvalue weighted by molar-refractivity contribution is 7.09. The molecule has 3 aromatic heterocycles. The lowest BCUT2D eigenvalue weighted by molar-refractivity contribution is 0.842. The van der Waals surface area contributed by atoms with E-state index in [4.69, 9.17) is 0 Å². The van der Waals surface area contributed by atoms with Gasteiger partial charge in [0.25, 0.3) is 0 Å². The van der Waals surface area contributed by atoms with Crippen LogP contribution in [0.1, 0.15) is 17.8 Å². The average Bonchev–Trinajstić information content (AvgIpc) is 3.13. The Morgan fingerprint density at radius 3 is 2.84 bits per heavy atom. The fourth-order valence-electron chi connectivity index (χ4n) is 1.69. The maximum Gasteiger partial charge on any atom is 0.155 e. The number of hydrogen-bond acceptors (Lipinski definition) is 6. The van der Waals surface area contributed by atoms with E-state index in [9.17, 15) is 0 Å². The minimum absolute atomic E-state index is 0.214. The molecule has 7 heteroatoms. The van der Waals surface area contributed by atoms with Crippen LogP contribution in [-0.4, -0.2) is 24.7 Å². The molecule has 1 atom stereocenters. The first kappa shape index (κ1) is 11.8. The third-order valence-electron chi connectivity index (χ3n) is 2.66. The van der Waals surface area contributed by atoms with Crippen molar-refractivity contribution >= 4 is 17.0 Å². The van der Waals surface area contributed by atoms with E-state index < -0.39 is 0 Å². The summed E-state index contributed by atoms with van der Waals surface area (Å²) >= 11 is 1.64. The standard InChI is InChI=1S/C12H12N6S/c1-9(11-5-13-8-19-11)17-10-2-3-12(15-4-10)18-7-14-6-16-18/h2-9,17H,1H3. The molecule has 0 aliphatic rings. The number of rotatable bonds is 4. The molecular weight excluding hydrogens is 260 g/mol. The quantitative estimate of drug-likeness (QED) is 0.789. The molecule has 6 nitrogen and oxygen atoms in total. The Morgan fingerprint density at radius 1 is 1.26 bits per heavy atom. The summed E-state index contributed by atoms with van der Waals surface area (Å²) in [6, 6.07) is 4.09. The SMILES string of the molecule is CC(Nc1ccc(-n2cncn2)nc1)c1cncs1. The van der Waals surface area contributed by atoms with Gasteiger partial charge >= 0.3 is 0 Å². The number of aromatic nitrogens is 5. The van der Waals surface area contributed by atoms with Crippen LogP contribution in [0.25, 0.3) is 5.82 Å². The van der Waals surface area contributed by atoms with E-state index in [-0.39, 0.29) is 6.04 Å². The molecular formula is C12H12N6S. The molecule has 1 N–H and O–H groups in total. The molecule has 0 bridgehead atoms. The van der Waals surface area contributed by atoms with E-state index in [0.717, 1.165) is 11.5 Å². The van der Waals surface area contributed by atoms with E-state index in [2.05, 4.69) is 32.3 Å². The lowest BCUT2D eigenvalue weighted by Crippen LogP contribution is -2.06. The molecule has 0 amide bonds. The molecule has 0 radical (unpaired) electrons. The van der Waals surface area contributed by atoms with Gasteiger partial charge in [0.2, 0.25) is 0 Å². The van der Waals surface area contributed by atoms with Crippen LogP contribution in [0.3, 0.4) is 0 Å². The molecule has 3 rings (SSSR count). The Labute approximate surface area is 114 Å². The fourth-order valence-corrected chi connectivity index (χ4v) is 2.32. The number of pyridine rings is 1. The molecule has 3 heterocycles. The molecule has 0 fully saturated rings. The van der Waals surface area contributed by atoms with Crippen LogP contribution in [0.4, 0.5) is 5.69 Å². The second-order valence-electron chi connectivity index (χ2n) is 4.01. The lowest BCUT2D eigenvalue weighted by atomic mass is 10.3. The molecule has 96 valence electrons. The van der Waals surface area contributed by atoms with E-state index >= 15 is 0 Å². The molecule has 1 unspecified atom stereocenters. The van der Waals surface area contributed by atoms with Crippen molar-refractivity contribution < 1.29 is 0 Å². The largest absolute Gasteiger partial charge is 0.376 e. The average molecular weight is 272 g/mol. The molecule has 0 saturated carbocycles. The maximum absolute atomic E-state index is 4.34. The van der Waals surface area contributed by atoms with Crippen molar-refractivity contribution in [2.24, 2.45) is 0 Å². The minimum Gasteiger partial charge on any atom is -0.376 e. The van der Waals surface area contributed by atoms with Gasteiger partial charge in [0, 0.05) is 11.1 Å². The zero-order valence-electron chi connectivity index (χ0n) is 10.3. The fraction of sp³-hybridized carbons (Fsp3) is 0.167. The van der Waals surface area contributed by atoms with Crippen molar-refractivity contribution in [2.75, 3.05) is 5.32 Å². The van der Waals surface area contributed by atoms with Crippen LogP contribution in [0, 0.1) is 0 Å². The molecule has 19 heavy (non-hydrogen) atoms. The van der Waals surface area contributed by atoms with Crippen molar-refractivity contribution in [1.29, 1.82) is 0 Å². The third kappa shape index (κ3) is 2.60. The Balaban J connectivity index is 1.73. The number of thiazole rings is 1. The number of anilines is 1. The summed E-state index contributed by atoms with van der Waals surface area (Å²) in [6.07, 6.45) is 6.77. The Kier molecular flexibility index (Phi) is 3.20. The molecule has 0 aliphatic carbocycles. The Hall–Kier alpha value is -2.28. The highest BCUT2D eigenvalue weighted by Crippen LogP contribution is 2.21.